The molecule has 0 atom stereocenters. The topological polar surface area (TPSA) is 92.2 Å². The van der Waals surface area contributed by atoms with Crippen LogP contribution in [0.25, 0.3) is 0 Å². The van der Waals surface area contributed by atoms with Gasteiger partial charge in [-0.2, -0.15) is 0 Å². The fourth-order valence-electron chi connectivity index (χ4n) is 2.46. The molecule has 0 aliphatic carbocycles. The third-order valence-electron chi connectivity index (χ3n) is 3.76. The molecule has 8 heteroatoms. The Kier molecular flexibility index (Phi) is 6.56. The summed E-state index contributed by atoms with van der Waals surface area (Å²) in [4.78, 5) is 38.0. The summed E-state index contributed by atoms with van der Waals surface area (Å²) in [5.41, 5.74) is 5.29. The lowest BCUT2D eigenvalue weighted by atomic mass is 10.2. The van der Waals surface area contributed by atoms with Crippen LogP contribution in [0.3, 0.4) is 0 Å². The Labute approximate surface area is 140 Å². The highest BCUT2D eigenvalue weighted by molar-refractivity contribution is 5.95. The Morgan fingerprint density at radius 2 is 1.79 bits per heavy atom. The van der Waals surface area contributed by atoms with Crippen molar-refractivity contribution >= 4 is 17.9 Å². The number of piperazine rings is 1. The van der Waals surface area contributed by atoms with Gasteiger partial charge in [0.15, 0.2) is 6.54 Å². The van der Waals surface area contributed by atoms with E-state index in [1.165, 1.54) is 0 Å². The van der Waals surface area contributed by atoms with Gasteiger partial charge in [-0.3, -0.25) is 25.3 Å². The highest BCUT2D eigenvalue weighted by Crippen LogP contribution is 1.96. The van der Waals surface area contributed by atoms with Crippen LogP contribution in [0.1, 0.15) is 17.3 Å². The second kappa shape index (κ2) is 8.88. The molecule has 0 aromatic heterocycles. The zero-order valence-corrected chi connectivity index (χ0v) is 13.7. The van der Waals surface area contributed by atoms with Crippen molar-refractivity contribution < 1.29 is 24.0 Å². The van der Waals surface area contributed by atoms with E-state index in [0.717, 1.165) is 4.90 Å². The minimum absolute atomic E-state index is 0.242. The Morgan fingerprint density at radius 1 is 1.12 bits per heavy atom. The van der Waals surface area contributed by atoms with E-state index >= 15 is 0 Å². The van der Waals surface area contributed by atoms with Crippen molar-refractivity contribution in [2.24, 2.45) is 0 Å². The van der Waals surface area contributed by atoms with Crippen molar-refractivity contribution in [3.05, 3.63) is 35.9 Å². The van der Waals surface area contributed by atoms with E-state index in [1.54, 1.807) is 36.1 Å². The van der Waals surface area contributed by atoms with Crippen LogP contribution in [-0.2, 0) is 9.53 Å². The van der Waals surface area contributed by atoms with Gasteiger partial charge in [-0.25, -0.2) is 4.79 Å². The van der Waals surface area contributed by atoms with Crippen LogP contribution in [0.4, 0.5) is 4.79 Å². The van der Waals surface area contributed by atoms with Crippen LogP contribution in [0, 0.1) is 0 Å². The first kappa shape index (κ1) is 17.7. The van der Waals surface area contributed by atoms with Crippen molar-refractivity contribution in [2.45, 2.75) is 6.92 Å². The lowest BCUT2D eigenvalue weighted by molar-refractivity contribution is -0.896. The summed E-state index contributed by atoms with van der Waals surface area (Å²) in [5.74, 6) is -0.620. The maximum atomic E-state index is 11.9. The van der Waals surface area contributed by atoms with E-state index in [-0.39, 0.29) is 24.5 Å². The van der Waals surface area contributed by atoms with Gasteiger partial charge in [-0.1, -0.05) is 18.2 Å². The number of carbonyl (C=O) groups excluding carboxylic acids is 3. The predicted octanol–water partition coefficient (Wildman–Crippen LogP) is -1.20. The van der Waals surface area contributed by atoms with Gasteiger partial charge in [0.05, 0.1) is 32.8 Å². The first-order chi connectivity index (χ1) is 11.6. The normalized spacial score (nSPS) is 14.8. The van der Waals surface area contributed by atoms with E-state index in [2.05, 4.69) is 10.9 Å². The lowest BCUT2D eigenvalue weighted by Crippen LogP contribution is -3.16. The molecule has 1 fully saturated rings. The van der Waals surface area contributed by atoms with Crippen molar-refractivity contribution in [3.8, 4) is 0 Å². The molecule has 1 saturated heterocycles. The molecular formula is C16H23N4O4+. The van der Waals surface area contributed by atoms with Crippen molar-refractivity contribution in [3.63, 3.8) is 0 Å². The summed E-state index contributed by atoms with van der Waals surface area (Å²) in [6.07, 6.45) is -0.309. The van der Waals surface area contributed by atoms with Gasteiger partial charge in [-0.15, -0.1) is 0 Å². The summed E-state index contributed by atoms with van der Waals surface area (Å²) in [6.45, 7) is 4.81. The molecule has 0 spiro atoms. The average molecular weight is 335 g/mol. The lowest BCUT2D eigenvalue weighted by Gasteiger charge is -2.31. The summed E-state index contributed by atoms with van der Waals surface area (Å²) in [5, 5.41) is 0. The number of carbonyl (C=O) groups is 3. The first-order valence-corrected chi connectivity index (χ1v) is 7.99. The van der Waals surface area contributed by atoms with Crippen LogP contribution in [0.15, 0.2) is 30.3 Å². The van der Waals surface area contributed by atoms with Crippen LogP contribution >= 0.6 is 0 Å². The number of nitrogens with one attached hydrogen (secondary N) is 3. The number of hydrogen-bond acceptors (Lipinski definition) is 4. The van der Waals surface area contributed by atoms with E-state index in [9.17, 15) is 14.4 Å². The number of benzene rings is 1. The number of ether oxygens (including phenoxy) is 1. The molecule has 3 amide bonds. The van der Waals surface area contributed by atoms with Crippen molar-refractivity contribution in [1.82, 2.24) is 15.8 Å². The SMILES string of the molecule is CCOC(=O)N1CC[NH+](CC(=O)NNC(=O)c2ccccc2)CC1. The molecule has 0 radical (unpaired) electrons. The molecular weight excluding hydrogens is 312 g/mol. The quantitative estimate of drug-likeness (QED) is 0.603. The highest BCUT2D eigenvalue weighted by Gasteiger charge is 2.25. The van der Waals surface area contributed by atoms with Crippen molar-refractivity contribution in [1.29, 1.82) is 0 Å². The zero-order chi connectivity index (χ0) is 17.4. The maximum Gasteiger partial charge on any atom is 0.410 e. The number of hydrogen-bond donors (Lipinski definition) is 3. The standard InChI is InChI=1S/C16H22N4O4/c1-2-24-16(23)20-10-8-19(9-11-20)12-14(21)17-18-15(22)13-6-4-3-5-7-13/h3-7H,2,8-12H2,1H3,(H,17,21)(H,18,22)/p+1. The van der Waals surface area contributed by atoms with Gasteiger partial charge in [0.1, 0.15) is 0 Å². The van der Waals surface area contributed by atoms with E-state index in [1.807, 2.05) is 6.07 Å². The van der Waals surface area contributed by atoms with E-state index in [4.69, 9.17) is 4.74 Å². The number of quaternary nitrogens is 1. The maximum absolute atomic E-state index is 11.9. The molecule has 1 aromatic rings. The van der Waals surface area contributed by atoms with Gasteiger partial charge >= 0.3 is 6.09 Å². The molecule has 1 aliphatic rings. The number of rotatable bonds is 4. The monoisotopic (exact) mass is 335 g/mol. The molecule has 24 heavy (non-hydrogen) atoms. The van der Waals surface area contributed by atoms with Gasteiger partial charge in [0, 0.05) is 5.56 Å². The molecule has 0 bridgehead atoms. The summed E-state index contributed by atoms with van der Waals surface area (Å²) in [7, 11) is 0. The minimum Gasteiger partial charge on any atom is -0.450 e. The number of hydrazine groups is 1. The fraction of sp³-hybridized carbons (Fsp3) is 0.438. The second-order valence-corrected chi connectivity index (χ2v) is 5.48. The van der Waals surface area contributed by atoms with E-state index in [0.29, 0.717) is 38.3 Å². The molecule has 2 rings (SSSR count). The molecule has 1 aliphatic heterocycles. The molecule has 0 saturated carbocycles. The minimum atomic E-state index is -0.355. The van der Waals surface area contributed by atoms with Crippen LogP contribution in [0.2, 0.25) is 0 Å². The molecule has 1 heterocycles. The Balaban J connectivity index is 1.68. The number of nitrogens with zero attached hydrogens (tertiary/aromatic N) is 1. The molecule has 0 unspecified atom stereocenters. The fourth-order valence-corrected chi connectivity index (χ4v) is 2.46. The summed E-state index contributed by atoms with van der Waals surface area (Å²) >= 11 is 0. The van der Waals surface area contributed by atoms with Gasteiger partial charge in [0.2, 0.25) is 0 Å². The summed E-state index contributed by atoms with van der Waals surface area (Å²) < 4.78 is 4.96. The highest BCUT2D eigenvalue weighted by atomic mass is 16.6. The Hall–Kier alpha value is -2.61. The van der Waals surface area contributed by atoms with Crippen LogP contribution in [0.5, 0.6) is 0 Å². The van der Waals surface area contributed by atoms with E-state index < -0.39 is 0 Å². The van der Waals surface area contributed by atoms with Gasteiger partial charge < -0.3 is 9.64 Å². The molecule has 1 aromatic carbocycles. The zero-order valence-electron chi connectivity index (χ0n) is 13.7. The second-order valence-electron chi connectivity index (χ2n) is 5.48. The average Bonchev–Trinajstić information content (AvgIpc) is 2.61. The Bertz CT molecular complexity index is 571. The predicted molar refractivity (Wildman–Crippen MR) is 86.2 cm³/mol. The third-order valence-corrected chi connectivity index (χ3v) is 3.76. The van der Waals surface area contributed by atoms with Gasteiger partial charge in [0.25, 0.3) is 11.8 Å². The van der Waals surface area contributed by atoms with Crippen LogP contribution in [-0.4, -0.2) is 62.1 Å². The van der Waals surface area contributed by atoms with Crippen molar-refractivity contribution in [2.75, 3.05) is 39.3 Å². The molecule has 130 valence electrons. The van der Waals surface area contributed by atoms with Gasteiger partial charge in [-0.05, 0) is 19.1 Å². The smallest absolute Gasteiger partial charge is 0.410 e. The largest absolute Gasteiger partial charge is 0.450 e. The third kappa shape index (κ3) is 5.24. The molecule has 3 N–H and O–H groups in total. The van der Waals surface area contributed by atoms with Crippen LogP contribution < -0.4 is 15.8 Å². The molecule has 8 nitrogen and oxygen atoms in total. The summed E-state index contributed by atoms with van der Waals surface area (Å²) in [6, 6.07) is 8.66. The number of amides is 3. The Morgan fingerprint density at radius 3 is 2.42 bits per heavy atom. The first-order valence-electron chi connectivity index (χ1n) is 7.99.